The van der Waals surface area contributed by atoms with Crippen molar-refractivity contribution in [2.75, 3.05) is 6.61 Å². The quantitative estimate of drug-likeness (QED) is 0.728. The highest BCUT2D eigenvalue weighted by molar-refractivity contribution is 6.42. The molecule has 124 valence electrons. The van der Waals surface area contributed by atoms with E-state index in [4.69, 9.17) is 32.7 Å². The average molecular weight is 365 g/mol. The van der Waals surface area contributed by atoms with Crippen LogP contribution in [-0.2, 0) is 4.74 Å². The number of carbonyl (C=O) groups is 2. The van der Waals surface area contributed by atoms with Crippen LogP contribution in [0.4, 0.5) is 0 Å². The molecule has 4 nitrogen and oxygen atoms in total. The molecule has 0 saturated heterocycles. The van der Waals surface area contributed by atoms with E-state index in [0.717, 1.165) is 5.56 Å². The SMILES string of the molecule is CCOC(=O)c1ccc2c(c1)C(=O)CC(c1ccc(Cl)c(Cl)c1)O2. The van der Waals surface area contributed by atoms with Crippen LogP contribution in [0.15, 0.2) is 36.4 Å². The summed E-state index contributed by atoms with van der Waals surface area (Å²) in [6, 6.07) is 9.86. The number of Topliss-reactive ketones (excluding diaryl/α,β-unsaturated/α-hetero) is 1. The fraction of sp³-hybridized carbons (Fsp3) is 0.222. The summed E-state index contributed by atoms with van der Waals surface area (Å²) < 4.78 is 10.9. The predicted octanol–water partition coefficient (Wildman–Crippen LogP) is 4.88. The monoisotopic (exact) mass is 364 g/mol. The number of halogens is 2. The van der Waals surface area contributed by atoms with E-state index >= 15 is 0 Å². The number of rotatable bonds is 3. The van der Waals surface area contributed by atoms with Gasteiger partial charge in [-0.1, -0.05) is 29.3 Å². The molecule has 0 saturated carbocycles. The van der Waals surface area contributed by atoms with Gasteiger partial charge in [0, 0.05) is 0 Å². The summed E-state index contributed by atoms with van der Waals surface area (Å²) in [5, 5.41) is 0.857. The van der Waals surface area contributed by atoms with Crippen molar-refractivity contribution in [2.45, 2.75) is 19.4 Å². The first-order chi connectivity index (χ1) is 11.5. The minimum absolute atomic E-state index is 0.0986. The lowest BCUT2D eigenvalue weighted by Crippen LogP contribution is -2.21. The molecule has 1 unspecified atom stereocenters. The Morgan fingerprint density at radius 2 is 2.00 bits per heavy atom. The number of hydrogen-bond donors (Lipinski definition) is 0. The van der Waals surface area contributed by atoms with Crippen molar-refractivity contribution in [3.63, 3.8) is 0 Å². The normalized spacial score (nSPS) is 16.3. The van der Waals surface area contributed by atoms with E-state index < -0.39 is 12.1 Å². The second-order valence-electron chi connectivity index (χ2n) is 5.34. The van der Waals surface area contributed by atoms with E-state index in [1.54, 1.807) is 37.3 Å². The van der Waals surface area contributed by atoms with Crippen molar-refractivity contribution in [3.8, 4) is 5.75 Å². The van der Waals surface area contributed by atoms with Crippen molar-refractivity contribution >= 4 is 35.0 Å². The first-order valence-electron chi connectivity index (χ1n) is 7.45. The Balaban J connectivity index is 1.89. The van der Waals surface area contributed by atoms with E-state index in [2.05, 4.69) is 0 Å². The molecule has 0 N–H and O–H groups in total. The Bertz CT molecular complexity index is 817. The van der Waals surface area contributed by atoms with Gasteiger partial charge in [-0.3, -0.25) is 4.79 Å². The molecule has 1 aliphatic rings. The van der Waals surface area contributed by atoms with E-state index in [1.807, 2.05) is 0 Å². The summed E-state index contributed by atoms with van der Waals surface area (Å²) in [6.07, 6.45) is -0.273. The molecule has 0 fully saturated rings. The summed E-state index contributed by atoms with van der Waals surface area (Å²) in [4.78, 5) is 24.3. The second-order valence-corrected chi connectivity index (χ2v) is 6.15. The third kappa shape index (κ3) is 3.25. The van der Waals surface area contributed by atoms with Crippen LogP contribution >= 0.6 is 23.2 Å². The Morgan fingerprint density at radius 1 is 1.21 bits per heavy atom. The molecule has 2 aromatic rings. The van der Waals surface area contributed by atoms with E-state index in [1.165, 1.54) is 6.07 Å². The topological polar surface area (TPSA) is 52.6 Å². The molecule has 3 rings (SSSR count). The van der Waals surface area contributed by atoms with Gasteiger partial charge in [0.25, 0.3) is 0 Å². The van der Waals surface area contributed by atoms with Crippen LogP contribution in [0.2, 0.25) is 10.0 Å². The van der Waals surface area contributed by atoms with Gasteiger partial charge in [0.05, 0.1) is 34.2 Å². The highest BCUT2D eigenvalue weighted by atomic mass is 35.5. The molecule has 1 heterocycles. The number of hydrogen-bond acceptors (Lipinski definition) is 4. The zero-order valence-corrected chi connectivity index (χ0v) is 14.4. The van der Waals surface area contributed by atoms with Gasteiger partial charge in [-0.25, -0.2) is 4.79 Å². The predicted molar refractivity (Wildman–Crippen MR) is 91.2 cm³/mol. The molecular weight excluding hydrogens is 351 g/mol. The Hall–Kier alpha value is -2.04. The summed E-state index contributed by atoms with van der Waals surface area (Å²) in [6.45, 7) is 2.01. The van der Waals surface area contributed by atoms with Crippen molar-refractivity contribution in [2.24, 2.45) is 0 Å². The van der Waals surface area contributed by atoms with Crippen molar-refractivity contribution in [1.82, 2.24) is 0 Å². The van der Waals surface area contributed by atoms with Gasteiger partial charge >= 0.3 is 5.97 Å². The molecule has 1 aliphatic heterocycles. The van der Waals surface area contributed by atoms with Gasteiger partial charge in [-0.2, -0.15) is 0 Å². The number of carbonyl (C=O) groups excluding carboxylic acids is 2. The molecule has 0 amide bonds. The fourth-order valence-electron chi connectivity index (χ4n) is 2.56. The Labute approximate surface area is 149 Å². The fourth-order valence-corrected chi connectivity index (χ4v) is 2.87. The third-order valence-corrected chi connectivity index (χ3v) is 4.49. The van der Waals surface area contributed by atoms with Crippen LogP contribution in [0, 0.1) is 0 Å². The largest absolute Gasteiger partial charge is 0.484 e. The minimum Gasteiger partial charge on any atom is -0.484 e. The van der Waals surface area contributed by atoms with E-state index in [-0.39, 0.29) is 18.8 Å². The molecule has 0 spiro atoms. The van der Waals surface area contributed by atoms with Crippen LogP contribution < -0.4 is 4.74 Å². The molecular formula is C18H14Cl2O4. The Morgan fingerprint density at radius 3 is 2.71 bits per heavy atom. The summed E-state index contributed by atoms with van der Waals surface area (Å²) in [5.41, 5.74) is 1.50. The van der Waals surface area contributed by atoms with Crippen LogP contribution in [-0.4, -0.2) is 18.4 Å². The van der Waals surface area contributed by atoms with Gasteiger partial charge in [-0.05, 0) is 42.8 Å². The lowest BCUT2D eigenvalue weighted by molar-refractivity contribution is 0.0526. The zero-order chi connectivity index (χ0) is 17.3. The van der Waals surface area contributed by atoms with Gasteiger partial charge in [0.2, 0.25) is 0 Å². The maximum atomic E-state index is 12.5. The molecule has 2 aromatic carbocycles. The van der Waals surface area contributed by atoms with E-state index in [0.29, 0.717) is 26.9 Å². The minimum atomic E-state index is -0.459. The zero-order valence-electron chi connectivity index (χ0n) is 12.8. The van der Waals surface area contributed by atoms with Gasteiger partial charge in [-0.15, -0.1) is 0 Å². The summed E-state index contributed by atoms with van der Waals surface area (Å²) in [7, 11) is 0. The highest BCUT2D eigenvalue weighted by Crippen LogP contribution is 2.37. The van der Waals surface area contributed by atoms with Gasteiger partial charge < -0.3 is 9.47 Å². The maximum Gasteiger partial charge on any atom is 0.338 e. The smallest absolute Gasteiger partial charge is 0.338 e. The van der Waals surface area contributed by atoms with Crippen molar-refractivity contribution in [1.29, 1.82) is 0 Å². The van der Waals surface area contributed by atoms with Crippen molar-refractivity contribution < 1.29 is 19.1 Å². The van der Waals surface area contributed by atoms with Crippen LogP contribution in [0.1, 0.15) is 45.7 Å². The van der Waals surface area contributed by atoms with Crippen LogP contribution in [0.25, 0.3) is 0 Å². The number of esters is 1. The molecule has 6 heteroatoms. The molecule has 1 atom stereocenters. The molecule has 24 heavy (non-hydrogen) atoms. The second kappa shape index (κ2) is 6.83. The number of benzene rings is 2. The number of fused-ring (bicyclic) bond motifs is 1. The highest BCUT2D eigenvalue weighted by Gasteiger charge is 2.29. The summed E-state index contributed by atoms with van der Waals surface area (Å²) >= 11 is 11.9. The Kier molecular flexibility index (Phi) is 4.78. The first-order valence-corrected chi connectivity index (χ1v) is 8.21. The van der Waals surface area contributed by atoms with Crippen molar-refractivity contribution in [3.05, 3.63) is 63.1 Å². The van der Waals surface area contributed by atoms with Gasteiger partial charge in [0.1, 0.15) is 11.9 Å². The maximum absolute atomic E-state index is 12.5. The third-order valence-electron chi connectivity index (χ3n) is 3.75. The molecule has 0 aliphatic carbocycles. The number of ketones is 1. The molecule has 0 bridgehead atoms. The van der Waals surface area contributed by atoms with E-state index in [9.17, 15) is 9.59 Å². The molecule has 0 aromatic heterocycles. The average Bonchev–Trinajstić information content (AvgIpc) is 2.57. The first kappa shape index (κ1) is 16.8. The number of ether oxygens (including phenoxy) is 2. The van der Waals surface area contributed by atoms with Crippen LogP contribution in [0.5, 0.6) is 5.75 Å². The van der Waals surface area contributed by atoms with Crippen LogP contribution in [0.3, 0.4) is 0 Å². The van der Waals surface area contributed by atoms with Gasteiger partial charge in [0.15, 0.2) is 5.78 Å². The molecule has 0 radical (unpaired) electrons. The lowest BCUT2D eigenvalue weighted by atomic mass is 9.95. The lowest BCUT2D eigenvalue weighted by Gasteiger charge is -2.26. The summed E-state index contributed by atoms with van der Waals surface area (Å²) in [5.74, 6) is -0.117. The standard InChI is InChI=1S/C18H14Cl2O4/c1-2-23-18(22)11-4-6-16-12(7-11)15(21)9-17(24-16)10-3-5-13(19)14(20)8-10/h3-8,17H,2,9H2,1H3.